The van der Waals surface area contributed by atoms with Gasteiger partial charge in [-0.25, -0.2) is 0 Å². The molecule has 0 saturated heterocycles. The van der Waals surface area contributed by atoms with Gasteiger partial charge in [-0.3, -0.25) is 4.79 Å². The molecule has 0 aliphatic heterocycles. The molecule has 2 aromatic carbocycles. The van der Waals surface area contributed by atoms with E-state index < -0.39 is 0 Å². The van der Waals surface area contributed by atoms with Crippen LogP contribution in [0.25, 0.3) is 6.08 Å². The number of benzene rings is 2. The Morgan fingerprint density at radius 2 is 1.79 bits per heavy atom. The van der Waals surface area contributed by atoms with Crippen molar-refractivity contribution in [2.75, 3.05) is 21.3 Å². The van der Waals surface area contributed by atoms with Gasteiger partial charge in [0, 0.05) is 16.7 Å². The van der Waals surface area contributed by atoms with Gasteiger partial charge < -0.3 is 14.2 Å². The van der Waals surface area contributed by atoms with Gasteiger partial charge in [-0.2, -0.15) is 0 Å². The lowest BCUT2D eigenvalue weighted by Gasteiger charge is -2.19. The Hall–Kier alpha value is -2.75. The van der Waals surface area contributed by atoms with Crippen molar-refractivity contribution in [1.29, 1.82) is 0 Å². The lowest BCUT2D eigenvalue weighted by molar-refractivity contribution is 0.102. The second kappa shape index (κ2) is 6.79. The molecule has 4 heteroatoms. The van der Waals surface area contributed by atoms with E-state index in [0.717, 1.165) is 34.4 Å². The van der Waals surface area contributed by atoms with Crippen molar-refractivity contribution in [3.05, 3.63) is 58.7 Å². The molecule has 0 radical (unpaired) electrons. The molecule has 24 heavy (non-hydrogen) atoms. The number of para-hydroxylation sites is 1. The number of hydrogen-bond acceptors (Lipinski definition) is 4. The maximum absolute atomic E-state index is 12.8. The van der Waals surface area contributed by atoms with Crippen LogP contribution in [0.15, 0.2) is 42.0 Å². The molecule has 2 aromatic rings. The number of methoxy groups -OCH3 is 3. The number of carbonyl (C=O) groups excluding carboxylic acids is 1. The van der Waals surface area contributed by atoms with Gasteiger partial charge in [-0.1, -0.05) is 12.1 Å². The highest BCUT2D eigenvalue weighted by Crippen LogP contribution is 2.35. The Morgan fingerprint density at radius 3 is 2.50 bits per heavy atom. The summed E-state index contributed by atoms with van der Waals surface area (Å²) in [5.41, 5.74) is 3.40. The third-order valence-electron chi connectivity index (χ3n) is 4.28. The fourth-order valence-corrected chi connectivity index (χ4v) is 3.03. The lowest BCUT2D eigenvalue weighted by Crippen LogP contribution is -2.14. The third-order valence-corrected chi connectivity index (χ3v) is 4.28. The third kappa shape index (κ3) is 2.87. The molecule has 0 amide bonds. The van der Waals surface area contributed by atoms with Crippen LogP contribution in [0.1, 0.15) is 27.9 Å². The first kappa shape index (κ1) is 16.1. The quantitative estimate of drug-likeness (QED) is 0.800. The SMILES string of the molecule is COc1ccc2c(c1)CCC(=Cc1cccc(OC)c1OC)C2=O. The van der Waals surface area contributed by atoms with Gasteiger partial charge in [0.2, 0.25) is 0 Å². The predicted octanol–water partition coefficient (Wildman–Crippen LogP) is 3.92. The number of ketones is 1. The summed E-state index contributed by atoms with van der Waals surface area (Å²) >= 11 is 0. The zero-order valence-electron chi connectivity index (χ0n) is 14.1. The van der Waals surface area contributed by atoms with E-state index in [4.69, 9.17) is 14.2 Å². The van der Waals surface area contributed by atoms with Crippen LogP contribution < -0.4 is 14.2 Å². The van der Waals surface area contributed by atoms with Crippen LogP contribution in [-0.4, -0.2) is 27.1 Å². The summed E-state index contributed by atoms with van der Waals surface area (Å²) in [6, 6.07) is 11.3. The molecule has 0 fully saturated rings. The molecule has 1 aliphatic rings. The van der Waals surface area contributed by atoms with Crippen molar-refractivity contribution in [1.82, 2.24) is 0 Å². The van der Waals surface area contributed by atoms with Crippen LogP contribution in [0.4, 0.5) is 0 Å². The summed E-state index contributed by atoms with van der Waals surface area (Å²) in [5.74, 6) is 2.13. The second-order valence-corrected chi connectivity index (χ2v) is 5.60. The van der Waals surface area contributed by atoms with E-state index in [1.54, 1.807) is 21.3 Å². The standard InChI is InChI=1S/C20H20O4/c1-22-16-9-10-17-13(12-16)7-8-14(19(17)21)11-15-5-4-6-18(23-2)20(15)24-3/h4-6,9-12H,7-8H2,1-3H3. The average Bonchev–Trinajstić information content (AvgIpc) is 2.63. The molecule has 3 rings (SSSR count). The van der Waals surface area contributed by atoms with E-state index in [-0.39, 0.29) is 5.78 Å². The van der Waals surface area contributed by atoms with Crippen LogP contribution in [0.2, 0.25) is 0 Å². The Morgan fingerprint density at radius 1 is 0.958 bits per heavy atom. The van der Waals surface area contributed by atoms with E-state index in [2.05, 4.69) is 0 Å². The Balaban J connectivity index is 1.99. The van der Waals surface area contributed by atoms with Gasteiger partial charge in [0.1, 0.15) is 5.75 Å². The summed E-state index contributed by atoms with van der Waals surface area (Å²) in [6.45, 7) is 0. The van der Waals surface area contributed by atoms with Crippen LogP contribution >= 0.6 is 0 Å². The maximum Gasteiger partial charge on any atom is 0.189 e. The molecule has 0 spiro atoms. The zero-order valence-corrected chi connectivity index (χ0v) is 14.1. The Kier molecular flexibility index (Phi) is 4.56. The van der Waals surface area contributed by atoms with Crippen LogP contribution in [-0.2, 0) is 6.42 Å². The molecule has 0 unspecified atom stereocenters. The molecule has 0 bridgehead atoms. The minimum Gasteiger partial charge on any atom is -0.497 e. The molecule has 124 valence electrons. The first-order valence-corrected chi connectivity index (χ1v) is 7.81. The highest BCUT2D eigenvalue weighted by atomic mass is 16.5. The topological polar surface area (TPSA) is 44.8 Å². The van der Waals surface area contributed by atoms with Crippen LogP contribution in [0.3, 0.4) is 0 Å². The molecule has 0 atom stereocenters. The Labute approximate surface area is 141 Å². The van der Waals surface area contributed by atoms with Gasteiger partial charge in [-0.15, -0.1) is 0 Å². The minimum atomic E-state index is 0.0591. The van der Waals surface area contributed by atoms with E-state index in [0.29, 0.717) is 17.9 Å². The summed E-state index contributed by atoms with van der Waals surface area (Å²) in [7, 11) is 4.83. The number of rotatable bonds is 4. The first-order chi connectivity index (χ1) is 11.7. The van der Waals surface area contributed by atoms with E-state index in [1.165, 1.54) is 0 Å². The number of Topliss-reactive ketones (excluding diaryl/α,β-unsaturated/α-hetero) is 1. The number of aryl methyl sites for hydroxylation is 1. The van der Waals surface area contributed by atoms with Crippen molar-refractivity contribution in [2.24, 2.45) is 0 Å². The second-order valence-electron chi connectivity index (χ2n) is 5.60. The van der Waals surface area contributed by atoms with Crippen LogP contribution in [0.5, 0.6) is 17.2 Å². The monoisotopic (exact) mass is 324 g/mol. The van der Waals surface area contributed by atoms with Crippen molar-refractivity contribution < 1.29 is 19.0 Å². The fourth-order valence-electron chi connectivity index (χ4n) is 3.03. The fraction of sp³-hybridized carbons (Fsp3) is 0.250. The summed E-state index contributed by atoms with van der Waals surface area (Å²) < 4.78 is 16.0. The first-order valence-electron chi connectivity index (χ1n) is 7.81. The van der Waals surface area contributed by atoms with E-state index in [9.17, 15) is 4.79 Å². The predicted molar refractivity (Wildman–Crippen MR) is 93.2 cm³/mol. The smallest absolute Gasteiger partial charge is 0.189 e. The molecule has 0 heterocycles. The van der Waals surface area contributed by atoms with E-state index >= 15 is 0 Å². The summed E-state index contributed by atoms with van der Waals surface area (Å²) in [5, 5.41) is 0. The van der Waals surface area contributed by atoms with Gasteiger partial charge in [-0.05, 0) is 48.7 Å². The molecular weight excluding hydrogens is 304 g/mol. The molecule has 0 N–H and O–H groups in total. The number of hydrogen-bond donors (Lipinski definition) is 0. The zero-order chi connectivity index (χ0) is 17.1. The number of allylic oxidation sites excluding steroid dienone is 1. The van der Waals surface area contributed by atoms with Gasteiger partial charge >= 0.3 is 0 Å². The van der Waals surface area contributed by atoms with Crippen molar-refractivity contribution in [3.8, 4) is 17.2 Å². The molecule has 1 aliphatic carbocycles. The van der Waals surface area contributed by atoms with E-state index in [1.807, 2.05) is 42.5 Å². The molecular formula is C20H20O4. The molecule has 0 saturated carbocycles. The van der Waals surface area contributed by atoms with Gasteiger partial charge in [0.15, 0.2) is 17.3 Å². The summed E-state index contributed by atoms with van der Waals surface area (Å²) in [6.07, 6.45) is 3.41. The minimum absolute atomic E-state index is 0.0591. The Bertz CT molecular complexity index is 805. The lowest BCUT2D eigenvalue weighted by atomic mass is 9.86. The van der Waals surface area contributed by atoms with Gasteiger partial charge in [0.25, 0.3) is 0 Å². The average molecular weight is 324 g/mol. The van der Waals surface area contributed by atoms with Gasteiger partial charge in [0.05, 0.1) is 21.3 Å². The van der Waals surface area contributed by atoms with Crippen molar-refractivity contribution >= 4 is 11.9 Å². The highest BCUT2D eigenvalue weighted by Gasteiger charge is 2.23. The number of ether oxygens (including phenoxy) is 3. The highest BCUT2D eigenvalue weighted by molar-refractivity contribution is 6.13. The largest absolute Gasteiger partial charge is 0.497 e. The van der Waals surface area contributed by atoms with Crippen molar-refractivity contribution in [2.45, 2.75) is 12.8 Å². The molecule has 4 nitrogen and oxygen atoms in total. The maximum atomic E-state index is 12.8. The number of fused-ring (bicyclic) bond motifs is 1. The van der Waals surface area contributed by atoms with Crippen LogP contribution in [0, 0.1) is 0 Å². The summed E-state index contributed by atoms with van der Waals surface area (Å²) in [4.78, 5) is 12.8. The number of carbonyl (C=O) groups is 1. The molecule has 0 aromatic heterocycles. The normalized spacial score (nSPS) is 15.1. The van der Waals surface area contributed by atoms with Crippen molar-refractivity contribution in [3.63, 3.8) is 0 Å².